The standard InChI is InChI=1S/C24H19F2N3O5/c1-13-11-19(14(2)29(13)15-7-9-16(10-8-15)34-24(25)26)20(30)12-33-23(32)21-17-5-3-4-6-18(17)22(31)28-27-21/h3-11,24H,12H2,1-2H3,(H,28,31). The minimum Gasteiger partial charge on any atom is -0.452 e. The summed E-state index contributed by atoms with van der Waals surface area (Å²) in [6, 6.07) is 14.1. The van der Waals surface area contributed by atoms with Crippen LogP contribution in [-0.4, -0.2) is 39.7 Å². The van der Waals surface area contributed by atoms with E-state index in [0.717, 1.165) is 5.69 Å². The van der Waals surface area contributed by atoms with Gasteiger partial charge < -0.3 is 14.0 Å². The van der Waals surface area contributed by atoms with Crippen molar-refractivity contribution in [2.75, 3.05) is 6.61 Å². The number of benzene rings is 2. The first-order chi connectivity index (χ1) is 16.3. The second kappa shape index (κ2) is 9.26. The highest BCUT2D eigenvalue weighted by Crippen LogP contribution is 2.24. The van der Waals surface area contributed by atoms with Gasteiger partial charge in [0.25, 0.3) is 5.56 Å². The third-order valence-electron chi connectivity index (χ3n) is 5.28. The molecule has 0 unspecified atom stereocenters. The normalized spacial score (nSPS) is 11.1. The van der Waals surface area contributed by atoms with Crippen LogP contribution in [0.5, 0.6) is 5.75 Å². The molecule has 2 heterocycles. The summed E-state index contributed by atoms with van der Waals surface area (Å²) in [5, 5.41) is 6.63. The number of carbonyl (C=O) groups is 2. The molecule has 0 saturated carbocycles. The van der Waals surface area contributed by atoms with Crippen molar-refractivity contribution in [2.24, 2.45) is 0 Å². The predicted molar refractivity (Wildman–Crippen MR) is 119 cm³/mol. The summed E-state index contributed by atoms with van der Waals surface area (Å²) >= 11 is 0. The first-order valence-corrected chi connectivity index (χ1v) is 10.2. The van der Waals surface area contributed by atoms with Crippen molar-refractivity contribution in [2.45, 2.75) is 20.5 Å². The Kier molecular flexibility index (Phi) is 6.22. The van der Waals surface area contributed by atoms with Crippen LogP contribution in [0.15, 0.2) is 59.4 Å². The lowest BCUT2D eigenvalue weighted by molar-refractivity contribution is -0.0498. The number of aryl methyl sites for hydroxylation is 1. The molecule has 10 heteroatoms. The number of rotatable bonds is 7. The van der Waals surface area contributed by atoms with E-state index in [4.69, 9.17) is 4.74 Å². The van der Waals surface area contributed by atoms with E-state index in [2.05, 4.69) is 14.9 Å². The number of hydrogen-bond donors (Lipinski definition) is 1. The Balaban J connectivity index is 1.52. The van der Waals surface area contributed by atoms with Gasteiger partial charge >= 0.3 is 12.6 Å². The molecule has 0 fully saturated rings. The van der Waals surface area contributed by atoms with Crippen molar-refractivity contribution in [3.05, 3.63) is 87.6 Å². The fourth-order valence-corrected chi connectivity index (χ4v) is 3.77. The summed E-state index contributed by atoms with van der Waals surface area (Å²) in [6.07, 6.45) is 0. The molecule has 0 bridgehead atoms. The molecular weight excluding hydrogens is 448 g/mol. The number of nitrogens with one attached hydrogen (secondary N) is 1. The van der Waals surface area contributed by atoms with Crippen LogP contribution >= 0.6 is 0 Å². The summed E-state index contributed by atoms with van der Waals surface area (Å²) in [4.78, 5) is 37.3. The van der Waals surface area contributed by atoms with E-state index < -0.39 is 30.5 Å². The van der Waals surface area contributed by atoms with Crippen molar-refractivity contribution < 1.29 is 27.8 Å². The van der Waals surface area contributed by atoms with E-state index in [0.29, 0.717) is 22.3 Å². The minimum atomic E-state index is -2.92. The molecule has 4 rings (SSSR count). The molecule has 0 aliphatic rings. The number of nitrogens with zero attached hydrogens (tertiary/aromatic N) is 2. The van der Waals surface area contributed by atoms with Crippen molar-refractivity contribution in [3.8, 4) is 11.4 Å². The van der Waals surface area contributed by atoms with E-state index in [1.807, 2.05) is 0 Å². The van der Waals surface area contributed by atoms with Gasteiger partial charge in [0.1, 0.15) is 5.75 Å². The number of fused-ring (bicyclic) bond motifs is 1. The maximum Gasteiger partial charge on any atom is 0.387 e. The number of ketones is 1. The van der Waals surface area contributed by atoms with Crippen LogP contribution in [0, 0.1) is 13.8 Å². The molecule has 0 spiro atoms. The molecule has 174 valence electrons. The maximum atomic E-state index is 12.8. The van der Waals surface area contributed by atoms with E-state index in [-0.39, 0.29) is 16.8 Å². The minimum absolute atomic E-state index is 0.0211. The van der Waals surface area contributed by atoms with Gasteiger partial charge in [0.15, 0.2) is 12.3 Å². The van der Waals surface area contributed by atoms with Gasteiger partial charge in [-0.15, -0.1) is 0 Å². The molecular formula is C24H19F2N3O5. The molecule has 0 aliphatic carbocycles. The number of aromatic nitrogens is 3. The molecule has 1 N–H and O–H groups in total. The number of halogens is 2. The van der Waals surface area contributed by atoms with Crippen LogP contribution in [0.1, 0.15) is 32.2 Å². The van der Waals surface area contributed by atoms with Crippen LogP contribution in [0.3, 0.4) is 0 Å². The lowest BCUT2D eigenvalue weighted by atomic mass is 10.1. The molecule has 8 nitrogen and oxygen atoms in total. The molecule has 0 amide bonds. The molecule has 0 atom stereocenters. The Morgan fingerprint density at radius 2 is 1.74 bits per heavy atom. The van der Waals surface area contributed by atoms with Gasteiger partial charge in [-0.25, -0.2) is 9.89 Å². The lowest BCUT2D eigenvalue weighted by Gasteiger charge is -2.11. The summed E-state index contributed by atoms with van der Waals surface area (Å²) in [5.41, 5.74) is 1.77. The van der Waals surface area contributed by atoms with Crippen molar-refractivity contribution in [1.82, 2.24) is 14.8 Å². The number of esters is 1. The lowest BCUT2D eigenvalue weighted by Crippen LogP contribution is -2.19. The monoisotopic (exact) mass is 467 g/mol. The van der Waals surface area contributed by atoms with Crippen LogP contribution in [-0.2, 0) is 4.74 Å². The predicted octanol–water partition coefficient (Wildman–Crippen LogP) is 3.97. The average molecular weight is 467 g/mol. The fraction of sp³-hybridized carbons (Fsp3) is 0.167. The summed E-state index contributed by atoms with van der Waals surface area (Å²) in [7, 11) is 0. The van der Waals surface area contributed by atoms with Crippen LogP contribution < -0.4 is 10.3 Å². The third-order valence-corrected chi connectivity index (χ3v) is 5.28. The number of alkyl halides is 2. The molecule has 4 aromatic rings. The molecule has 0 saturated heterocycles. The first kappa shape index (κ1) is 22.8. The van der Waals surface area contributed by atoms with Gasteiger partial charge in [-0.2, -0.15) is 13.9 Å². The molecule has 0 aliphatic heterocycles. The molecule has 2 aromatic heterocycles. The van der Waals surface area contributed by atoms with E-state index in [1.165, 1.54) is 12.1 Å². The number of carbonyl (C=O) groups excluding carboxylic acids is 2. The SMILES string of the molecule is Cc1cc(C(=O)COC(=O)c2n[nH]c(=O)c3ccccc23)c(C)n1-c1ccc(OC(F)F)cc1. The topological polar surface area (TPSA) is 103 Å². The quantitative estimate of drug-likeness (QED) is 0.326. The highest BCUT2D eigenvalue weighted by molar-refractivity contribution is 6.04. The number of hydrogen-bond acceptors (Lipinski definition) is 6. The fourth-order valence-electron chi connectivity index (χ4n) is 3.77. The van der Waals surface area contributed by atoms with Gasteiger partial charge in [0.2, 0.25) is 5.78 Å². The van der Waals surface area contributed by atoms with Crippen LogP contribution in [0.4, 0.5) is 8.78 Å². The Bertz CT molecular complexity index is 1440. The van der Waals surface area contributed by atoms with Crippen molar-refractivity contribution in [3.63, 3.8) is 0 Å². The number of aromatic amines is 1. The zero-order valence-corrected chi connectivity index (χ0v) is 18.2. The second-order valence-electron chi connectivity index (χ2n) is 7.44. The number of Topliss-reactive ketones (excluding diaryl/α,β-unsaturated/α-hetero) is 1. The Morgan fingerprint density at radius 3 is 2.41 bits per heavy atom. The smallest absolute Gasteiger partial charge is 0.387 e. The molecule has 34 heavy (non-hydrogen) atoms. The van der Waals surface area contributed by atoms with Crippen LogP contribution in [0.2, 0.25) is 0 Å². The Labute approximate surface area is 191 Å². The third kappa shape index (κ3) is 4.42. The van der Waals surface area contributed by atoms with Gasteiger partial charge in [0.05, 0.1) is 5.39 Å². The summed E-state index contributed by atoms with van der Waals surface area (Å²) < 4.78 is 36.1. The van der Waals surface area contributed by atoms with Crippen molar-refractivity contribution >= 4 is 22.5 Å². The number of H-pyrrole nitrogens is 1. The van der Waals surface area contributed by atoms with Gasteiger partial charge in [0, 0.05) is 28.0 Å². The maximum absolute atomic E-state index is 12.8. The zero-order valence-electron chi connectivity index (χ0n) is 18.2. The van der Waals surface area contributed by atoms with Crippen LogP contribution in [0.25, 0.3) is 16.5 Å². The highest BCUT2D eigenvalue weighted by atomic mass is 19.3. The molecule has 2 aromatic carbocycles. The van der Waals surface area contributed by atoms with E-state index in [9.17, 15) is 23.2 Å². The average Bonchev–Trinajstić information content (AvgIpc) is 3.12. The highest BCUT2D eigenvalue weighted by Gasteiger charge is 2.21. The first-order valence-electron chi connectivity index (χ1n) is 10.2. The van der Waals surface area contributed by atoms with Gasteiger partial charge in [-0.1, -0.05) is 18.2 Å². The number of ether oxygens (including phenoxy) is 2. The Hall–Kier alpha value is -4.34. The van der Waals surface area contributed by atoms with Gasteiger partial charge in [-0.3, -0.25) is 9.59 Å². The summed E-state index contributed by atoms with van der Waals surface area (Å²) in [5.74, 6) is -1.25. The van der Waals surface area contributed by atoms with E-state index in [1.54, 1.807) is 60.9 Å². The largest absolute Gasteiger partial charge is 0.452 e. The van der Waals surface area contributed by atoms with Crippen molar-refractivity contribution in [1.29, 1.82) is 0 Å². The van der Waals surface area contributed by atoms with Gasteiger partial charge in [-0.05, 0) is 50.2 Å². The molecule has 0 radical (unpaired) electrons. The second-order valence-corrected chi connectivity index (χ2v) is 7.44. The van der Waals surface area contributed by atoms with E-state index >= 15 is 0 Å². The Morgan fingerprint density at radius 1 is 1.06 bits per heavy atom. The zero-order chi connectivity index (χ0) is 24.4. The summed E-state index contributed by atoms with van der Waals surface area (Å²) in [6.45, 7) is 0.0646.